The number of aromatic nitrogens is 2. The molecule has 8 heteroatoms. The molecule has 1 heterocycles. The minimum atomic E-state index is -0.644. The molecule has 21 heavy (non-hydrogen) atoms. The normalized spacial score (nSPS) is 10.8. The Morgan fingerprint density at radius 3 is 2.62 bits per heavy atom. The standard InChI is InChI=1S/C13H13ClN2O4Se/c14-16-11(18)8-12(21-10-4-2-1-3-5-10)15(13(16)19)9-20-7-6-17/h1-5,8,17H,6-7,9H2. The van der Waals surface area contributed by atoms with Crippen molar-refractivity contribution >= 4 is 35.8 Å². The summed E-state index contributed by atoms with van der Waals surface area (Å²) in [6.07, 6.45) is 0. The summed E-state index contributed by atoms with van der Waals surface area (Å²) in [6.45, 7) is -0.101. The maximum absolute atomic E-state index is 12.1. The SMILES string of the molecule is O=c1cc([Se]c2ccccc2)n(COCCO)c(=O)n1Cl. The molecular weight excluding hydrogens is 363 g/mol. The van der Waals surface area contributed by atoms with Gasteiger partial charge in [0.15, 0.2) is 0 Å². The number of rotatable bonds is 6. The van der Waals surface area contributed by atoms with Gasteiger partial charge in [-0.15, -0.1) is 0 Å². The van der Waals surface area contributed by atoms with E-state index in [1.807, 2.05) is 30.3 Å². The van der Waals surface area contributed by atoms with E-state index in [2.05, 4.69) is 0 Å². The van der Waals surface area contributed by atoms with Crippen LogP contribution in [-0.4, -0.2) is 41.9 Å². The molecule has 0 saturated carbocycles. The Hall–Kier alpha value is -1.37. The summed E-state index contributed by atoms with van der Waals surface area (Å²) < 4.78 is 8.58. The number of aliphatic hydroxyl groups excluding tert-OH is 1. The van der Waals surface area contributed by atoms with Crippen LogP contribution in [0.15, 0.2) is 46.0 Å². The maximum atomic E-state index is 12.1. The summed E-state index contributed by atoms with van der Waals surface area (Å²) in [5, 5.41) is 8.73. The van der Waals surface area contributed by atoms with Gasteiger partial charge in [0, 0.05) is 0 Å². The quantitative estimate of drug-likeness (QED) is 0.500. The van der Waals surface area contributed by atoms with Gasteiger partial charge in [-0.1, -0.05) is 0 Å². The van der Waals surface area contributed by atoms with Crippen molar-refractivity contribution in [2.24, 2.45) is 0 Å². The van der Waals surface area contributed by atoms with E-state index < -0.39 is 11.2 Å². The van der Waals surface area contributed by atoms with E-state index >= 15 is 0 Å². The predicted octanol–water partition coefficient (Wildman–Crippen LogP) is -1.37. The van der Waals surface area contributed by atoms with Crippen LogP contribution < -0.4 is 20.3 Å². The summed E-state index contributed by atoms with van der Waals surface area (Å²) in [5.41, 5.74) is -1.21. The molecule has 0 atom stereocenters. The van der Waals surface area contributed by atoms with Gasteiger partial charge >= 0.3 is 131 Å². The average Bonchev–Trinajstić information content (AvgIpc) is 2.49. The molecule has 6 nitrogen and oxygen atoms in total. The van der Waals surface area contributed by atoms with Gasteiger partial charge in [0.1, 0.15) is 0 Å². The van der Waals surface area contributed by atoms with E-state index in [0.29, 0.717) is 8.68 Å². The third kappa shape index (κ3) is 4.06. The van der Waals surface area contributed by atoms with Crippen molar-refractivity contribution in [3.8, 4) is 0 Å². The molecule has 0 aliphatic carbocycles. The van der Waals surface area contributed by atoms with Crippen molar-refractivity contribution in [2.75, 3.05) is 13.2 Å². The Balaban J connectivity index is 2.38. The predicted molar refractivity (Wildman–Crippen MR) is 80.7 cm³/mol. The van der Waals surface area contributed by atoms with Gasteiger partial charge in [-0.3, -0.25) is 0 Å². The van der Waals surface area contributed by atoms with Crippen molar-refractivity contribution in [1.82, 2.24) is 8.65 Å². The van der Waals surface area contributed by atoms with Gasteiger partial charge in [-0.2, -0.15) is 0 Å². The minimum absolute atomic E-state index is 0.0592. The fourth-order valence-electron chi connectivity index (χ4n) is 1.57. The van der Waals surface area contributed by atoms with E-state index in [4.69, 9.17) is 21.6 Å². The second-order valence-electron chi connectivity index (χ2n) is 3.99. The number of halogens is 1. The van der Waals surface area contributed by atoms with Crippen LogP contribution in [0.2, 0.25) is 0 Å². The average molecular weight is 376 g/mol. The molecule has 1 aromatic carbocycles. The summed E-state index contributed by atoms with van der Waals surface area (Å²) in [4.78, 5) is 23.7. The van der Waals surface area contributed by atoms with Gasteiger partial charge in [-0.25, -0.2) is 0 Å². The van der Waals surface area contributed by atoms with Crippen molar-refractivity contribution in [1.29, 1.82) is 0 Å². The summed E-state index contributed by atoms with van der Waals surface area (Å²) in [7, 11) is 0. The number of benzene rings is 1. The van der Waals surface area contributed by atoms with Crippen molar-refractivity contribution < 1.29 is 9.84 Å². The molecular formula is C13H13ClN2O4Se. The molecule has 0 fully saturated rings. The Labute approximate surface area is 131 Å². The topological polar surface area (TPSA) is 73.5 Å². The molecule has 1 aromatic heterocycles. The van der Waals surface area contributed by atoms with Crippen LogP contribution in [0.3, 0.4) is 0 Å². The van der Waals surface area contributed by atoms with Crippen LogP contribution in [0.4, 0.5) is 0 Å². The molecule has 0 radical (unpaired) electrons. The van der Waals surface area contributed by atoms with Crippen LogP contribution in [0, 0.1) is 0 Å². The molecule has 0 spiro atoms. The van der Waals surface area contributed by atoms with Gasteiger partial charge < -0.3 is 0 Å². The van der Waals surface area contributed by atoms with Gasteiger partial charge in [-0.05, 0) is 0 Å². The molecule has 1 N–H and O–H groups in total. The van der Waals surface area contributed by atoms with Crippen LogP contribution >= 0.6 is 11.8 Å². The number of hydrogen-bond donors (Lipinski definition) is 1. The summed E-state index contributed by atoms with van der Waals surface area (Å²) >= 11 is 5.41. The third-order valence-electron chi connectivity index (χ3n) is 2.53. The fourth-order valence-corrected chi connectivity index (χ4v) is 3.67. The van der Waals surface area contributed by atoms with Crippen LogP contribution in [0.25, 0.3) is 0 Å². The van der Waals surface area contributed by atoms with E-state index in [1.165, 1.54) is 10.6 Å². The molecule has 0 aliphatic heterocycles. The van der Waals surface area contributed by atoms with Crippen molar-refractivity contribution in [3.05, 3.63) is 57.2 Å². The summed E-state index contributed by atoms with van der Waals surface area (Å²) in [6, 6.07) is 10.9. The van der Waals surface area contributed by atoms with E-state index in [1.54, 1.807) is 0 Å². The first-order chi connectivity index (χ1) is 10.1. The van der Waals surface area contributed by atoms with Gasteiger partial charge in [0.25, 0.3) is 0 Å². The zero-order valence-electron chi connectivity index (χ0n) is 10.9. The van der Waals surface area contributed by atoms with E-state index in [9.17, 15) is 9.59 Å². The third-order valence-corrected chi connectivity index (χ3v) is 5.05. The van der Waals surface area contributed by atoms with E-state index in [-0.39, 0.29) is 34.9 Å². The Morgan fingerprint density at radius 2 is 1.95 bits per heavy atom. The number of ether oxygens (including phenoxy) is 1. The Kier molecular flexibility index (Phi) is 5.78. The van der Waals surface area contributed by atoms with Crippen LogP contribution in [0.1, 0.15) is 0 Å². The first-order valence-corrected chi connectivity index (χ1v) is 8.13. The van der Waals surface area contributed by atoms with Crippen molar-refractivity contribution in [2.45, 2.75) is 6.73 Å². The molecule has 2 rings (SSSR count). The number of aliphatic hydroxyl groups is 1. The first kappa shape index (κ1) is 16.0. The molecule has 112 valence electrons. The molecule has 0 aliphatic rings. The van der Waals surface area contributed by atoms with E-state index in [0.717, 1.165) is 4.46 Å². The Bertz CT molecular complexity index is 714. The van der Waals surface area contributed by atoms with Crippen LogP contribution in [0.5, 0.6) is 0 Å². The second kappa shape index (κ2) is 7.58. The second-order valence-corrected chi connectivity index (χ2v) is 6.62. The fraction of sp³-hybridized carbons (Fsp3) is 0.231. The van der Waals surface area contributed by atoms with Gasteiger partial charge in [0.2, 0.25) is 0 Å². The zero-order chi connectivity index (χ0) is 15.2. The molecule has 2 aromatic rings. The zero-order valence-corrected chi connectivity index (χ0v) is 13.4. The molecule has 0 saturated heterocycles. The van der Waals surface area contributed by atoms with Crippen molar-refractivity contribution in [3.63, 3.8) is 0 Å². The monoisotopic (exact) mass is 376 g/mol. The molecule has 0 unspecified atom stereocenters. The van der Waals surface area contributed by atoms with Gasteiger partial charge in [0.05, 0.1) is 0 Å². The van der Waals surface area contributed by atoms with Crippen LogP contribution in [-0.2, 0) is 11.5 Å². The Morgan fingerprint density at radius 1 is 1.24 bits per heavy atom. The molecule has 0 bridgehead atoms. The molecule has 0 amide bonds. The first-order valence-electron chi connectivity index (χ1n) is 6.08. The number of hydrogen-bond acceptors (Lipinski definition) is 4. The number of nitrogens with zero attached hydrogens (tertiary/aromatic N) is 2. The summed E-state index contributed by atoms with van der Waals surface area (Å²) in [5.74, 6) is 0.